The number of aryl methyl sites for hydroxylation is 3. The summed E-state index contributed by atoms with van der Waals surface area (Å²) in [5, 5.41) is 2.96. The van der Waals surface area contributed by atoms with Gasteiger partial charge < -0.3 is 9.72 Å². The van der Waals surface area contributed by atoms with Crippen molar-refractivity contribution < 1.29 is 4.79 Å². The summed E-state index contributed by atoms with van der Waals surface area (Å²) < 4.78 is 1.99. The number of rotatable bonds is 6. The molecule has 0 aliphatic rings. The second kappa shape index (κ2) is 7.30. The molecule has 2 heterocycles. The van der Waals surface area contributed by atoms with Gasteiger partial charge in [-0.25, -0.2) is 4.98 Å². The van der Waals surface area contributed by atoms with Gasteiger partial charge in [-0.1, -0.05) is 35.9 Å². The molecule has 0 saturated heterocycles. The Labute approximate surface area is 142 Å². The number of nitrogens with one attached hydrogen (secondary N) is 1. The average Bonchev–Trinajstić information content (AvgIpc) is 2.99. The predicted octanol–water partition coefficient (Wildman–Crippen LogP) is 3.59. The highest BCUT2D eigenvalue weighted by molar-refractivity contribution is 5.75. The van der Waals surface area contributed by atoms with Crippen LogP contribution >= 0.6 is 0 Å². The summed E-state index contributed by atoms with van der Waals surface area (Å²) in [7, 11) is 0. The van der Waals surface area contributed by atoms with Crippen molar-refractivity contribution in [3.8, 4) is 0 Å². The quantitative estimate of drug-likeness (QED) is 0.754. The molecule has 0 radical (unpaired) electrons. The van der Waals surface area contributed by atoms with Gasteiger partial charge >= 0.3 is 0 Å². The number of pyridine rings is 1. The molecule has 0 aliphatic heterocycles. The molecule has 0 atom stereocenters. The van der Waals surface area contributed by atoms with Crippen molar-refractivity contribution in [2.75, 3.05) is 0 Å². The molecular formula is C20H23N3O. The summed E-state index contributed by atoms with van der Waals surface area (Å²) in [6.45, 7) is 4.60. The summed E-state index contributed by atoms with van der Waals surface area (Å²) in [5.74, 6) is 0.0795. The molecule has 0 bridgehead atoms. The van der Waals surface area contributed by atoms with E-state index in [1.807, 2.05) is 35.9 Å². The third-order valence-electron chi connectivity index (χ3n) is 4.18. The number of nitrogens with zero attached hydrogens (tertiary/aromatic N) is 2. The minimum Gasteiger partial charge on any atom is -0.350 e. The van der Waals surface area contributed by atoms with Gasteiger partial charge in [-0.2, -0.15) is 0 Å². The Morgan fingerprint density at radius 3 is 2.71 bits per heavy atom. The van der Waals surface area contributed by atoms with Crippen molar-refractivity contribution in [3.05, 3.63) is 71.2 Å². The molecule has 3 rings (SSSR count). The molecule has 124 valence electrons. The number of carbonyl (C=O) groups excluding carboxylic acids is 1. The highest BCUT2D eigenvalue weighted by Gasteiger charge is 2.06. The van der Waals surface area contributed by atoms with Gasteiger partial charge in [0.05, 0.1) is 12.2 Å². The Morgan fingerprint density at radius 1 is 1.17 bits per heavy atom. The summed E-state index contributed by atoms with van der Waals surface area (Å²) in [6, 6.07) is 12.5. The van der Waals surface area contributed by atoms with E-state index >= 15 is 0 Å². The van der Waals surface area contributed by atoms with E-state index < -0.39 is 0 Å². The standard InChI is InChI=1S/C20H23N3O/c1-15-8-10-17(11-9-15)6-3-7-19(24)21-13-18-14-23-12-4-5-16(2)20(23)22-18/h4-5,8-12,14H,3,6-7,13H2,1-2H3,(H,21,24). The molecule has 2 aromatic heterocycles. The number of benzene rings is 1. The first-order valence-corrected chi connectivity index (χ1v) is 8.37. The monoisotopic (exact) mass is 321 g/mol. The number of fused-ring (bicyclic) bond motifs is 1. The van der Waals surface area contributed by atoms with E-state index in [9.17, 15) is 4.79 Å². The van der Waals surface area contributed by atoms with Crippen LogP contribution in [-0.4, -0.2) is 15.3 Å². The van der Waals surface area contributed by atoms with Gasteiger partial charge in [0.15, 0.2) is 0 Å². The molecular weight excluding hydrogens is 298 g/mol. The maximum atomic E-state index is 12.0. The Hall–Kier alpha value is -2.62. The van der Waals surface area contributed by atoms with Gasteiger partial charge in [-0.05, 0) is 43.9 Å². The zero-order valence-corrected chi connectivity index (χ0v) is 14.2. The first-order valence-electron chi connectivity index (χ1n) is 8.37. The number of hydrogen-bond donors (Lipinski definition) is 1. The van der Waals surface area contributed by atoms with Crippen LogP contribution in [0.15, 0.2) is 48.8 Å². The van der Waals surface area contributed by atoms with Crippen LogP contribution < -0.4 is 5.32 Å². The summed E-state index contributed by atoms with van der Waals surface area (Å²) in [5.41, 5.74) is 5.51. The van der Waals surface area contributed by atoms with Gasteiger partial charge in [0, 0.05) is 18.8 Å². The van der Waals surface area contributed by atoms with Crippen molar-refractivity contribution in [1.82, 2.24) is 14.7 Å². The van der Waals surface area contributed by atoms with Crippen LogP contribution in [0.5, 0.6) is 0 Å². The third-order valence-corrected chi connectivity index (χ3v) is 4.18. The molecule has 1 aromatic carbocycles. The van der Waals surface area contributed by atoms with Gasteiger partial charge in [0.25, 0.3) is 0 Å². The third kappa shape index (κ3) is 4.02. The largest absolute Gasteiger partial charge is 0.350 e. The molecule has 0 unspecified atom stereocenters. The van der Waals surface area contributed by atoms with E-state index in [2.05, 4.69) is 41.5 Å². The van der Waals surface area contributed by atoms with E-state index in [-0.39, 0.29) is 5.91 Å². The zero-order valence-electron chi connectivity index (χ0n) is 14.2. The lowest BCUT2D eigenvalue weighted by Crippen LogP contribution is -2.22. The number of aromatic nitrogens is 2. The van der Waals surface area contributed by atoms with Crippen LogP contribution in [0.2, 0.25) is 0 Å². The highest BCUT2D eigenvalue weighted by Crippen LogP contribution is 2.10. The van der Waals surface area contributed by atoms with E-state index in [0.717, 1.165) is 29.7 Å². The Balaban J connectivity index is 1.46. The summed E-state index contributed by atoms with van der Waals surface area (Å²) >= 11 is 0. The van der Waals surface area contributed by atoms with Crippen molar-refractivity contribution in [2.24, 2.45) is 0 Å². The minimum atomic E-state index is 0.0795. The number of carbonyl (C=O) groups is 1. The maximum Gasteiger partial charge on any atom is 0.220 e. The predicted molar refractivity (Wildman–Crippen MR) is 95.9 cm³/mol. The van der Waals surface area contributed by atoms with Crippen LogP contribution in [0.3, 0.4) is 0 Å². The van der Waals surface area contributed by atoms with Crippen molar-refractivity contribution in [2.45, 2.75) is 39.7 Å². The first kappa shape index (κ1) is 16.2. The smallest absolute Gasteiger partial charge is 0.220 e. The summed E-state index contributed by atoms with van der Waals surface area (Å²) in [4.78, 5) is 16.6. The number of imidazole rings is 1. The lowest BCUT2D eigenvalue weighted by atomic mass is 10.1. The molecule has 0 saturated carbocycles. The van der Waals surface area contributed by atoms with Crippen LogP contribution in [0.1, 0.15) is 35.2 Å². The van der Waals surface area contributed by atoms with Crippen LogP contribution in [0.25, 0.3) is 5.65 Å². The lowest BCUT2D eigenvalue weighted by molar-refractivity contribution is -0.121. The fourth-order valence-electron chi connectivity index (χ4n) is 2.77. The average molecular weight is 321 g/mol. The normalized spacial score (nSPS) is 10.9. The Kier molecular flexibility index (Phi) is 4.94. The number of amides is 1. The fourth-order valence-corrected chi connectivity index (χ4v) is 2.77. The first-order chi connectivity index (χ1) is 11.6. The molecule has 24 heavy (non-hydrogen) atoms. The molecule has 0 spiro atoms. The van der Waals surface area contributed by atoms with Gasteiger partial charge in [-0.15, -0.1) is 0 Å². The van der Waals surface area contributed by atoms with Crippen molar-refractivity contribution in [1.29, 1.82) is 0 Å². The molecule has 3 aromatic rings. The fraction of sp³-hybridized carbons (Fsp3) is 0.300. The Bertz CT molecular complexity index is 834. The van der Waals surface area contributed by atoms with E-state index in [4.69, 9.17) is 0 Å². The van der Waals surface area contributed by atoms with Crippen LogP contribution in [0.4, 0.5) is 0 Å². The van der Waals surface area contributed by atoms with Crippen LogP contribution in [0, 0.1) is 13.8 Å². The topological polar surface area (TPSA) is 46.4 Å². The van der Waals surface area contributed by atoms with Crippen molar-refractivity contribution in [3.63, 3.8) is 0 Å². The van der Waals surface area contributed by atoms with E-state index in [0.29, 0.717) is 13.0 Å². The van der Waals surface area contributed by atoms with Crippen molar-refractivity contribution >= 4 is 11.6 Å². The molecule has 0 aliphatic carbocycles. The second-order valence-electron chi connectivity index (χ2n) is 6.27. The van der Waals surface area contributed by atoms with E-state index in [1.54, 1.807) is 0 Å². The van der Waals surface area contributed by atoms with Crippen LogP contribution in [-0.2, 0) is 17.8 Å². The molecule has 1 N–H and O–H groups in total. The molecule has 4 heteroatoms. The zero-order chi connectivity index (χ0) is 16.9. The Morgan fingerprint density at radius 2 is 1.96 bits per heavy atom. The van der Waals surface area contributed by atoms with Gasteiger partial charge in [-0.3, -0.25) is 4.79 Å². The molecule has 0 fully saturated rings. The minimum absolute atomic E-state index is 0.0795. The second-order valence-corrected chi connectivity index (χ2v) is 6.27. The lowest BCUT2D eigenvalue weighted by Gasteiger charge is -2.04. The van der Waals surface area contributed by atoms with E-state index in [1.165, 1.54) is 11.1 Å². The van der Waals surface area contributed by atoms with Gasteiger partial charge in [0.1, 0.15) is 5.65 Å². The summed E-state index contributed by atoms with van der Waals surface area (Å²) in [6.07, 6.45) is 6.28. The highest BCUT2D eigenvalue weighted by atomic mass is 16.1. The molecule has 4 nitrogen and oxygen atoms in total. The molecule has 1 amide bonds. The maximum absolute atomic E-state index is 12.0. The van der Waals surface area contributed by atoms with Gasteiger partial charge in [0.2, 0.25) is 5.91 Å². The number of hydrogen-bond acceptors (Lipinski definition) is 2. The SMILES string of the molecule is Cc1ccc(CCCC(=O)NCc2cn3cccc(C)c3n2)cc1.